The predicted octanol–water partition coefficient (Wildman–Crippen LogP) is 1.85. The van der Waals surface area contributed by atoms with E-state index >= 15 is 0 Å². The van der Waals surface area contributed by atoms with E-state index in [9.17, 15) is 13.2 Å². The van der Waals surface area contributed by atoms with Crippen molar-refractivity contribution in [2.24, 2.45) is 0 Å². The number of hydrogen-bond acceptors (Lipinski definition) is 4. The van der Waals surface area contributed by atoms with Crippen LogP contribution in [0.5, 0.6) is 0 Å². The Kier molecular flexibility index (Phi) is 5.17. The molecule has 3 aromatic rings. The zero-order valence-electron chi connectivity index (χ0n) is 15.3. The van der Waals surface area contributed by atoms with E-state index in [4.69, 9.17) is 0 Å². The topological polar surface area (TPSA) is 87.2 Å². The molecular formula is C20H22N4O3S. The second-order valence-corrected chi connectivity index (χ2v) is 8.51. The number of imidazole rings is 1. The molecule has 1 aliphatic rings. The van der Waals surface area contributed by atoms with E-state index in [1.807, 2.05) is 30.3 Å². The van der Waals surface area contributed by atoms with Crippen molar-refractivity contribution in [2.75, 3.05) is 26.2 Å². The van der Waals surface area contributed by atoms with Gasteiger partial charge in [-0.3, -0.25) is 9.47 Å². The molecular weight excluding hydrogens is 376 g/mol. The summed E-state index contributed by atoms with van der Waals surface area (Å²) in [7, 11) is -3.48. The molecule has 0 unspecified atom stereocenters. The molecule has 1 aliphatic heterocycles. The fourth-order valence-electron chi connectivity index (χ4n) is 3.47. The van der Waals surface area contributed by atoms with Gasteiger partial charge in [0.2, 0.25) is 10.0 Å². The van der Waals surface area contributed by atoms with Crippen LogP contribution in [0.1, 0.15) is 6.42 Å². The first-order valence-corrected chi connectivity index (χ1v) is 10.7. The highest BCUT2D eigenvalue weighted by molar-refractivity contribution is 7.89. The Morgan fingerprint density at radius 2 is 1.79 bits per heavy atom. The van der Waals surface area contributed by atoms with Crippen LogP contribution in [-0.2, 0) is 10.0 Å². The van der Waals surface area contributed by atoms with Crippen molar-refractivity contribution in [3.8, 4) is 0 Å². The molecule has 0 atom stereocenters. The summed E-state index contributed by atoms with van der Waals surface area (Å²) in [5, 5.41) is 0. The fourth-order valence-corrected chi connectivity index (χ4v) is 4.51. The molecule has 8 heteroatoms. The third-order valence-corrected chi connectivity index (χ3v) is 6.40. The molecule has 7 nitrogen and oxygen atoms in total. The first-order chi connectivity index (χ1) is 13.5. The summed E-state index contributed by atoms with van der Waals surface area (Å²) in [4.78, 5) is 17.6. The summed E-state index contributed by atoms with van der Waals surface area (Å²) in [5.74, 6) is 0. The number of nitrogens with zero attached hydrogens (tertiary/aromatic N) is 2. The van der Waals surface area contributed by atoms with Gasteiger partial charge in [0.15, 0.2) is 0 Å². The van der Waals surface area contributed by atoms with Crippen molar-refractivity contribution in [1.82, 2.24) is 19.2 Å². The van der Waals surface area contributed by atoms with Gasteiger partial charge >= 0.3 is 5.69 Å². The van der Waals surface area contributed by atoms with E-state index < -0.39 is 10.0 Å². The second kappa shape index (κ2) is 7.75. The lowest BCUT2D eigenvalue weighted by Crippen LogP contribution is -2.37. The Morgan fingerprint density at radius 1 is 1.04 bits per heavy atom. The van der Waals surface area contributed by atoms with E-state index in [1.54, 1.807) is 34.9 Å². The maximum absolute atomic E-state index is 12.3. The smallest absolute Gasteiger partial charge is 0.305 e. The number of benzene rings is 2. The Morgan fingerprint density at radius 3 is 2.54 bits per heavy atom. The SMILES string of the molecule is O=c1[nH]c2ccccc2n1C1=CCN(CCNS(=O)(=O)c2ccccc2)CC1. The largest absolute Gasteiger partial charge is 0.330 e. The highest BCUT2D eigenvalue weighted by atomic mass is 32.2. The number of H-pyrrole nitrogens is 1. The van der Waals surface area contributed by atoms with E-state index in [-0.39, 0.29) is 10.6 Å². The Labute approximate surface area is 163 Å². The maximum atomic E-state index is 12.3. The number of sulfonamides is 1. The van der Waals surface area contributed by atoms with Crippen molar-refractivity contribution >= 4 is 26.8 Å². The van der Waals surface area contributed by atoms with Crippen LogP contribution in [0, 0.1) is 0 Å². The average Bonchev–Trinajstić information content (AvgIpc) is 3.05. The van der Waals surface area contributed by atoms with Crippen molar-refractivity contribution in [1.29, 1.82) is 0 Å². The molecule has 0 amide bonds. The summed E-state index contributed by atoms with van der Waals surface area (Å²) in [5.41, 5.74) is 2.55. The second-order valence-electron chi connectivity index (χ2n) is 6.74. The third-order valence-electron chi connectivity index (χ3n) is 4.92. The molecule has 0 spiro atoms. The number of nitrogens with one attached hydrogen (secondary N) is 2. The van der Waals surface area contributed by atoms with Crippen LogP contribution in [-0.4, -0.2) is 49.0 Å². The van der Waals surface area contributed by atoms with Gasteiger partial charge in [-0.2, -0.15) is 0 Å². The molecule has 1 aromatic heterocycles. The number of aromatic nitrogens is 2. The van der Waals surface area contributed by atoms with Gasteiger partial charge in [0.25, 0.3) is 0 Å². The predicted molar refractivity (Wildman–Crippen MR) is 110 cm³/mol. The van der Waals surface area contributed by atoms with Crippen molar-refractivity contribution in [3.63, 3.8) is 0 Å². The lowest BCUT2D eigenvalue weighted by atomic mass is 10.2. The first-order valence-electron chi connectivity index (χ1n) is 9.21. The van der Waals surface area contributed by atoms with Crippen LogP contribution in [0.3, 0.4) is 0 Å². The minimum absolute atomic E-state index is 0.128. The van der Waals surface area contributed by atoms with Gasteiger partial charge in [-0.15, -0.1) is 0 Å². The summed E-state index contributed by atoms with van der Waals surface area (Å²) in [6.07, 6.45) is 2.77. The Bertz CT molecular complexity index is 1160. The molecule has 2 N–H and O–H groups in total. The highest BCUT2D eigenvalue weighted by Crippen LogP contribution is 2.19. The van der Waals surface area contributed by atoms with Crippen LogP contribution in [0.25, 0.3) is 16.7 Å². The molecule has 0 aliphatic carbocycles. The monoisotopic (exact) mass is 398 g/mol. The van der Waals surface area contributed by atoms with Crippen LogP contribution < -0.4 is 10.4 Å². The summed E-state index contributed by atoms with van der Waals surface area (Å²) < 4.78 is 28.9. The molecule has 2 heterocycles. The van der Waals surface area contributed by atoms with Crippen LogP contribution >= 0.6 is 0 Å². The Hall–Kier alpha value is -2.68. The molecule has 28 heavy (non-hydrogen) atoms. The van der Waals surface area contributed by atoms with Crippen LogP contribution in [0.4, 0.5) is 0 Å². The standard InChI is InChI=1S/C20H22N4O3S/c25-20-22-18-8-4-5-9-19(18)24(20)16-10-13-23(14-11-16)15-12-21-28(26,27)17-6-2-1-3-7-17/h1-10,21H,11-15H2,(H,22,25). The molecule has 4 rings (SSSR count). The fraction of sp³-hybridized carbons (Fsp3) is 0.250. The lowest BCUT2D eigenvalue weighted by molar-refractivity contribution is 0.304. The minimum atomic E-state index is -3.48. The maximum Gasteiger partial charge on any atom is 0.330 e. The van der Waals surface area contributed by atoms with Gasteiger partial charge in [-0.1, -0.05) is 36.4 Å². The van der Waals surface area contributed by atoms with E-state index in [2.05, 4.69) is 14.6 Å². The van der Waals surface area contributed by atoms with Gasteiger partial charge in [-0.25, -0.2) is 17.9 Å². The molecule has 0 saturated heterocycles. The molecule has 0 bridgehead atoms. The van der Waals surface area contributed by atoms with Crippen LogP contribution in [0.15, 0.2) is 70.4 Å². The molecule has 2 aromatic carbocycles. The molecule has 0 radical (unpaired) electrons. The van der Waals surface area contributed by atoms with E-state index in [1.165, 1.54) is 0 Å². The van der Waals surface area contributed by atoms with Gasteiger partial charge in [0.1, 0.15) is 0 Å². The number of aromatic amines is 1. The summed E-state index contributed by atoms with van der Waals surface area (Å²) in [6.45, 7) is 2.39. The first kappa shape index (κ1) is 18.7. The number of para-hydroxylation sites is 2. The normalized spacial score (nSPS) is 15.6. The summed E-state index contributed by atoms with van der Waals surface area (Å²) in [6, 6.07) is 16.0. The van der Waals surface area contributed by atoms with Gasteiger partial charge in [0.05, 0.1) is 15.9 Å². The van der Waals surface area contributed by atoms with Gasteiger partial charge in [-0.05, 0) is 24.3 Å². The third kappa shape index (κ3) is 3.80. The number of hydrogen-bond donors (Lipinski definition) is 2. The van der Waals surface area contributed by atoms with Crippen molar-refractivity contribution in [3.05, 3.63) is 71.2 Å². The van der Waals surface area contributed by atoms with Gasteiger partial charge < -0.3 is 4.98 Å². The zero-order valence-corrected chi connectivity index (χ0v) is 16.2. The molecule has 0 saturated carbocycles. The van der Waals surface area contributed by atoms with E-state index in [0.29, 0.717) is 19.6 Å². The average molecular weight is 398 g/mol. The Balaban J connectivity index is 1.38. The van der Waals surface area contributed by atoms with E-state index in [0.717, 1.165) is 29.7 Å². The molecule has 0 fully saturated rings. The van der Waals surface area contributed by atoms with Crippen molar-refractivity contribution in [2.45, 2.75) is 11.3 Å². The number of fused-ring (bicyclic) bond motifs is 1. The van der Waals surface area contributed by atoms with Gasteiger partial charge in [0, 0.05) is 38.3 Å². The lowest BCUT2D eigenvalue weighted by Gasteiger charge is -2.26. The highest BCUT2D eigenvalue weighted by Gasteiger charge is 2.18. The van der Waals surface area contributed by atoms with Crippen LogP contribution in [0.2, 0.25) is 0 Å². The minimum Gasteiger partial charge on any atom is -0.305 e. The van der Waals surface area contributed by atoms with Crippen molar-refractivity contribution < 1.29 is 8.42 Å². The summed E-state index contributed by atoms with van der Waals surface area (Å²) >= 11 is 0. The molecule has 146 valence electrons. The zero-order chi connectivity index (χ0) is 19.6. The quantitative estimate of drug-likeness (QED) is 0.663. The number of rotatable bonds is 6.